The number of hydrogen-bond acceptors (Lipinski definition) is 8. The van der Waals surface area contributed by atoms with Gasteiger partial charge < -0.3 is 35.2 Å². The molecule has 0 bridgehead atoms. The van der Waals surface area contributed by atoms with Gasteiger partial charge >= 0.3 is 5.97 Å². The second kappa shape index (κ2) is 11.5. The zero-order chi connectivity index (χ0) is 28.4. The molecule has 0 saturated heterocycles. The highest BCUT2D eigenvalue weighted by Crippen LogP contribution is 2.60. The lowest BCUT2D eigenvalue weighted by molar-refractivity contribution is -0.168. The van der Waals surface area contributed by atoms with Gasteiger partial charge in [-0.15, -0.1) is 0 Å². The minimum atomic E-state index is -0.666. The van der Waals surface area contributed by atoms with Crippen LogP contribution in [0, 0.1) is 5.92 Å². The molecule has 0 spiro atoms. The van der Waals surface area contributed by atoms with Crippen molar-refractivity contribution in [2.45, 2.75) is 62.8 Å². The monoisotopic (exact) mass is 539 g/mol. The molecule has 0 radical (unpaired) electrons. The van der Waals surface area contributed by atoms with Crippen LogP contribution in [0.5, 0.6) is 11.5 Å². The summed E-state index contributed by atoms with van der Waals surface area (Å²) in [4.78, 5) is 26.9. The fraction of sp³-hybridized carbons (Fsp3) is 0.533. The SMILES string of the molecule is CO[C@@]12CCC(NCC(=O)NCC(=O)OCc3ccccc3)[C@H](C)C1(C)c1c(ccc(O)c1O)CC2N(C)C. The summed E-state index contributed by atoms with van der Waals surface area (Å²) in [6.45, 7) is 4.20. The van der Waals surface area contributed by atoms with Crippen molar-refractivity contribution in [3.8, 4) is 11.5 Å². The Morgan fingerprint density at radius 2 is 1.82 bits per heavy atom. The van der Waals surface area contributed by atoms with Crippen LogP contribution in [-0.4, -0.2) is 79.0 Å². The maximum atomic E-state index is 12.6. The average molecular weight is 540 g/mol. The Labute approximate surface area is 230 Å². The van der Waals surface area contributed by atoms with E-state index in [1.807, 2.05) is 50.5 Å². The number of ether oxygens (including phenoxy) is 2. The van der Waals surface area contributed by atoms with E-state index in [1.165, 1.54) is 0 Å². The summed E-state index contributed by atoms with van der Waals surface area (Å²) in [6.07, 6.45) is 2.15. The van der Waals surface area contributed by atoms with Crippen LogP contribution in [0.1, 0.15) is 43.4 Å². The van der Waals surface area contributed by atoms with Crippen molar-refractivity contribution in [1.29, 1.82) is 0 Å². The number of esters is 1. The van der Waals surface area contributed by atoms with Crippen molar-refractivity contribution >= 4 is 11.9 Å². The third-order valence-corrected chi connectivity index (χ3v) is 9.12. The number of carbonyl (C=O) groups is 2. The van der Waals surface area contributed by atoms with Crippen molar-refractivity contribution < 1.29 is 29.3 Å². The number of hydrogen-bond donors (Lipinski definition) is 4. The second-order valence-corrected chi connectivity index (χ2v) is 11.2. The average Bonchev–Trinajstić information content (AvgIpc) is 2.93. The molecule has 9 nitrogen and oxygen atoms in total. The van der Waals surface area contributed by atoms with Gasteiger partial charge in [0.2, 0.25) is 5.91 Å². The summed E-state index contributed by atoms with van der Waals surface area (Å²) >= 11 is 0. The smallest absolute Gasteiger partial charge is 0.325 e. The van der Waals surface area contributed by atoms with Crippen LogP contribution in [0.15, 0.2) is 42.5 Å². The quantitative estimate of drug-likeness (QED) is 0.283. The molecule has 2 aromatic rings. The molecule has 212 valence electrons. The van der Waals surface area contributed by atoms with Gasteiger partial charge in [0.15, 0.2) is 11.5 Å². The molecule has 1 saturated carbocycles. The molecule has 39 heavy (non-hydrogen) atoms. The number of fused-ring (bicyclic) bond motifs is 3. The highest BCUT2D eigenvalue weighted by molar-refractivity contribution is 5.83. The molecule has 3 unspecified atom stereocenters. The zero-order valence-electron chi connectivity index (χ0n) is 23.5. The lowest BCUT2D eigenvalue weighted by Crippen LogP contribution is -2.72. The summed E-state index contributed by atoms with van der Waals surface area (Å²) in [5.41, 5.74) is 1.30. The first-order chi connectivity index (χ1) is 18.5. The summed E-state index contributed by atoms with van der Waals surface area (Å²) in [5.74, 6) is -1.12. The molecule has 4 N–H and O–H groups in total. The zero-order valence-corrected chi connectivity index (χ0v) is 23.5. The fourth-order valence-electron chi connectivity index (χ4n) is 6.94. The van der Waals surface area contributed by atoms with E-state index in [2.05, 4.69) is 29.4 Å². The Hall–Kier alpha value is -3.14. The molecule has 1 fully saturated rings. The molecule has 2 aliphatic rings. The van der Waals surface area contributed by atoms with Crippen LogP contribution in [0.3, 0.4) is 0 Å². The topological polar surface area (TPSA) is 120 Å². The van der Waals surface area contributed by atoms with Crippen LogP contribution in [0.2, 0.25) is 0 Å². The molecule has 9 heteroatoms. The molecular weight excluding hydrogens is 498 g/mol. The summed E-state index contributed by atoms with van der Waals surface area (Å²) in [5, 5.41) is 27.6. The van der Waals surface area contributed by atoms with E-state index in [9.17, 15) is 19.8 Å². The van der Waals surface area contributed by atoms with E-state index >= 15 is 0 Å². The predicted octanol–water partition coefficient (Wildman–Crippen LogP) is 2.47. The third-order valence-electron chi connectivity index (χ3n) is 9.12. The van der Waals surface area contributed by atoms with E-state index < -0.39 is 17.0 Å². The van der Waals surface area contributed by atoms with Gasteiger partial charge in [-0.25, -0.2) is 0 Å². The number of carbonyl (C=O) groups excluding carboxylic acids is 2. The minimum Gasteiger partial charge on any atom is -0.504 e. The Morgan fingerprint density at radius 3 is 2.49 bits per heavy atom. The van der Waals surface area contributed by atoms with Crippen molar-refractivity contribution in [3.63, 3.8) is 0 Å². The summed E-state index contributed by atoms with van der Waals surface area (Å²) in [7, 11) is 5.81. The van der Waals surface area contributed by atoms with Crippen molar-refractivity contribution in [3.05, 3.63) is 59.2 Å². The molecule has 0 aromatic heterocycles. The largest absolute Gasteiger partial charge is 0.504 e. The normalized spacial score (nSPS) is 27.9. The van der Waals surface area contributed by atoms with Gasteiger partial charge in [-0.2, -0.15) is 0 Å². The number of phenols is 2. The molecule has 2 aromatic carbocycles. The highest BCUT2D eigenvalue weighted by atomic mass is 16.5. The number of amides is 1. The molecule has 0 aliphatic heterocycles. The van der Waals surface area contributed by atoms with E-state index in [0.29, 0.717) is 18.4 Å². The van der Waals surface area contributed by atoms with Crippen LogP contribution in [0.4, 0.5) is 0 Å². The summed E-state index contributed by atoms with van der Waals surface area (Å²) in [6, 6.07) is 12.8. The van der Waals surface area contributed by atoms with Gasteiger partial charge in [-0.1, -0.05) is 50.2 Å². The first-order valence-electron chi connectivity index (χ1n) is 13.5. The van der Waals surface area contributed by atoms with Crippen LogP contribution < -0.4 is 10.6 Å². The number of nitrogens with zero attached hydrogens (tertiary/aromatic N) is 1. The van der Waals surface area contributed by atoms with E-state index in [4.69, 9.17) is 9.47 Å². The fourth-order valence-corrected chi connectivity index (χ4v) is 6.94. The minimum absolute atomic E-state index is 0.0347. The third kappa shape index (κ3) is 5.23. The summed E-state index contributed by atoms with van der Waals surface area (Å²) < 4.78 is 11.6. The van der Waals surface area contributed by atoms with Crippen molar-refractivity contribution in [1.82, 2.24) is 15.5 Å². The van der Waals surface area contributed by atoms with Crippen molar-refractivity contribution in [2.75, 3.05) is 34.3 Å². The lowest BCUT2D eigenvalue weighted by atomic mass is 9.48. The number of rotatable bonds is 9. The Bertz CT molecular complexity index is 1190. The van der Waals surface area contributed by atoms with Crippen molar-refractivity contribution in [2.24, 2.45) is 5.92 Å². The van der Waals surface area contributed by atoms with Gasteiger partial charge in [0.05, 0.1) is 12.1 Å². The lowest BCUT2D eigenvalue weighted by Gasteiger charge is -2.63. The number of aromatic hydroxyl groups is 2. The number of likely N-dealkylation sites (N-methyl/N-ethyl adjacent to an activating group) is 1. The predicted molar refractivity (Wildman–Crippen MR) is 147 cm³/mol. The molecule has 2 aliphatic carbocycles. The van der Waals surface area contributed by atoms with Crippen LogP contribution in [0.25, 0.3) is 0 Å². The molecule has 4 rings (SSSR count). The van der Waals surface area contributed by atoms with E-state index in [1.54, 1.807) is 13.2 Å². The first kappa shape index (κ1) is 28.9. The van der Waals surface area contributed by atoms with E-state index in [0.717, 1.165) is 17.5 Å². The standard InChI is InChI=1S/C30H41N3O6/c1-19-22(31-16-25(35)32-17-26(36)39-18-20-9-7-6-8-10-20)13-14-30(38-5)24(33(3)4)15-21-11-12-23(34)28(37)27(21)29(19,30)2/h6-12,19,22,24,31,34,37H,13-18H2,1-5H3,(H,32,35)/t19-,22?,24?,29?,30+/m0/s1. The number of nitrogens with one attached hydrogen (secondary N) is 2. The Morgan fingerprint density at radius 1 is 1.10 bits per heavy atom. The van der Waals surface area contributed by atoms with Crippen LogP contribution in [-0.2, 0) is 37.5 Å². The van der Waals surface area contributed by atoms with E-state index in [-0.39, 0.29) is 55.1 Å². The first-order valence-corrected chi connectivity index (χ1v) is 13.5. The van der Waals surface area contributed by atoms with Gasteiger partial charge in [-0.05, 0) is 56.5 Å². The maximum Gasteiger partial charge on any atom is 0.325 e. The molecule has 1 amide bonds. The Kier molecular flexibility index (Phi) is 8.54. The molecule has 0 heterocycles. The van der Waals surface area contributed by atoms with Gasteiger partial charge in [0, 0.05) is 30.2 Å². The Balaban J connectivity index is 1.45. The second-order valence-electron chi connectivity index (χ2n) is 11.2. The van der Waals surface area contributed by atoms with Crippen LogP contribution >= 0.6 is 0 Å². The highest BCUT2D eigenvalue weighted by Gasteiger charge is 2.64. The van der Waals surface area contributed by atoms with Gasteiger partial charge in [-0.3, -0.25) is 9.59 Å². The van der Waals surface area contributed by atoms with Gasteiger partial charge in [0.1, 0.15) is 13.2 Å². The number of methoxy groups -OCH3 is 1. The van der Waals surface area contributed by atoms with Gasteiger partial charge in [0.25, 0.3) is 0 Å². The number of phenolic OH excluding ortho intramolecular Hbond substituents is 2. The number of benzene rings is 2. The maximum absolute atomic E-state index is 12.6. The molecule has 5 atom stereocenters. The molecular formula is C30H41N3O6.